The summed E-state index contributed by atoms with van der Waals surface area (Å²) < 4.78 is 5.41. The molecule has 1 unspecified atom stereocenters. The summed E-state index contributed by atoms with van der Waals surface area (Å²) in [5.74, 6) is 0.147. The number of carbonyl (C=O) groups is 1. The minimum atomic E-state index is -0.203. The summed E-state index contributed by atoms with van der Waals surface area (Å²) in [5, 5.41) is 0. The lowest BCUT2D eigenvalue weighted by atomic mass is 9.98. The Balaban J connectivity index is 2.27. The number of ether oxygens (including phenoxy) is 1. The maximum atomic E-state index is 12.1. The molecule has 0 spiro atoms. The summed E-state index contributed by atoms with van der Waals surface area (Å²) >= 11 is 0. The van der Waals surface area contributed by atoms with Gasteiger partial charge in [0.2, 0.25) is 0 Å². The second-order valence-electron chi connectivity index (χ2n) is 4.18. The molecule has 1 aromatic carbocycles. The molecule has 0 aliphatic carbocycles. The highest BCUT2D eigenvalue weighted by Gasteiger charge is 2.25. The highest BCUT2D eigenvalue weighted by molar-refractivity contribution is 6.01. The van der Waals surface area contributed by atoms with Gasteiger partial charge in [-0.05, 0) is 38.3 Å². The average Bonchev–Trinajstić information content (AvgIpc) is 2.74. The summed E-state index contributed by atoms with van der Waals surface area (Å²) in [6, 6.07) is 5.98. The van der Waals surface area contributed by atoms with Crippen LogP contribution in [0.1, 0.15) is 34.3 Å². The van der Waals surface area contributed by atoms with Crippen LogP contribution in [0.2, 0.25) is 0 Å². The quantitative estimate of drug-likeness (QED) is 0.692. The lowest BCUT2D eigenvalue weighted by Gasteiger charge is -2.11. The minimum Gasteiger partial charge on any atom is -0.370 e. The third-order valence-electron chi connectivity index (χ3n) is 2.88. The number of rotatable bonds is 2. The Kier molecular flexibility index (Phi) is 2.87. The van der Waals surface area contributed by atoms with Crippen molar-refractivity contribution in [1.82, 2.24) is 0 Å². The van der Waals surface area contributed by atoms with Gasteiger partial charge in [-0.3, -0.25) is 4.79 Å². The molecule has 2 heteroatoms. The fourth-order valence-electron chi connectivity index (χ4n) is 1.96. The number of ketones is 1. The van der Waals surface area contributed by atoms with Crippen LogP contribution in [0, 0.1) is 13.8 Å². The smallest absolute Gasteiger partial charge is 0.191 e. The Morgan fingerprint density at radius 1 is 1.40 bits per heavy atom. The number of hydrogen-bond acceptors (Lipinski definition) is 2. The van der Waals surface area contributed by atoms with Gasteiger partial charge in [0.25, 0.3) is 0 Å². The molecular weight excluding hydrogens is 188 g/mol. The number of Topliss-reactive ketones (excluding diaryl/α,β-unsaturated/α-hetero) is 1. The standard InChI is InChI=1S/C13H16O2/c1-9-5-6-10(2)11(8-9)13(14)12-4-3-7-15-12/h5-6,8,12H,3-4,7H2,1-2H3. The van der Waals surface area contributed by atoms with E-state index in [1.807, 2.05) is 32.0 Å². The molecule has 0 amide bonds. The Bertz CT molecular complexity index is 376. The van der Waals surface area contributed by atoms with E-state index in [1.54, 1.807) is 0 Å². The zero-order valence-corrected chi connectivity index (χ0v) is 9.25. The first-order valence-corrected chi connectivity index (χ1v) is 5.41. The maximum Gasteiger partial charge on any atom is 0.191 e. The van der Waals surface area contributed by atoms with Gasteiger partial charge in [0.15, 0.2) is 5.78 Å². The minimum absolute atomic E-state index is 0.147. The largest absolute Gasteiger partial charge is 0.370 e. The number of hydrogen-bond donors (Lipinski definition) is 0. The second kappa shape index (κ2) is 4.15. The Morgan fingerprint density at radius 3 is 2.87 bits per heavy atom. The molecule has 1 heterocycles. The van der Waals surface area contributed by atoms with Crippen LogP contribution in [0.4, 0.5) is 0 Å². The van der Waals surface area contributed by atoms with E-state index in [0.717, 1.165) is 36.1 Å². The second-order valence-corrected chi connectivity index (χ2v) is 4.18. The van der Waals surface area contributed by atoms with Crippen LogP contribution in [0.5, 0.6) is 0 Å². The van der Waals surface area contributed by atoms with E-state index in [-0.39, 0.29) is 11.9 Å². The molecule has 1 aliphatic rings. The highest BCUT2D eigenvalue weighted by atomic mass is 16.5. The Hall–Kier alpha value is -1.15. The van der Waals surface area contributed by atoms with Crippen LogP contribution in [-0.2, 0) is 4.74 Å². The molecule has 1 aromatic rings. The normalized spacial score (nSPS) is 20.5. The van der Waals surface area contributed by atoms with E-state index in [1.165, 1.54) is 0 Å². The number of carbonyl (C=O) groups excluding carboxylic acids is 1. The van der Waals surface area contributed by atoms with E-state index in [2.05, 4.69) is 0 Å². The topological polar surface area (TPSA) is 26.3 Å². The molecule has 1 atom stereocenters. The van der Waals surface area contributed by atoms with E-state index in [4.69, 9.17) is 4.74 Å². The van der Waals surface area contributed by atoms with Crippen molar-refractivity contribution >= 4 is 5.78 Å². The van der Waals surface area contributed by atoms with Gasteiger partial charge < -0.3 is 4.74 Å². The average molecular weight is 204 g/mol. The van der Waals surface area contributed by atoms with Gasteiger partial charge in [-0.25, -0.2) is 0 Å². The summed E-state index contributed by atoms with van der Waals surface area (Å²) in [4.78, 5) is 12.1. The zero-order valence-electron chi connectivity index (χ0n) is 9.25. The van der Waals surface area contributed by atoms with Crippen molar-refractivity contribution in [3.8, 4) is 0 Å². The maximum absolute atomic E-state index is 12.1. The molecule has 15 heavy (non-hydrogen) atoms. The molecule has 0 bridgehead atoms. The van der Waals surface area contributed by atoms with Crippen molar-refractivity contribution < 1.29 is 9.53 Å². The predicted octanol–water partition coefficient (Wildman–Crippen LogP) is 2.67. The zero-order chi connectivity index (χ0) is 10.8. The van der Waals surface area contributed by atoms with Gasteiger partial charge in [0, 0.05) is 12.2 Å². The van der Waals surface area contributed by atoms with Crippen molar-refractivity contribution in [2.75, 3.05) is 6.61 Å². The van der Waals surface area contributed by atoms with Crippen molar-refractivity contribution in [1.29, 1.82) is 0 Å². The van der Waals surface area contributed by atoms with Crippen molar-refractivity contribution in [3.05, 3.63) is 34.9 Å². The van der Waals surface area contributed by atoms with Crippen LogP contribution < -0.4 is 0 Å². The van der Waals surface area contributed by atoms with Crippen LogP contribution in [0.15, 0.2) is 18.2 Å². The van der Waals surface area contributed by atoms with Gasteiger partial charge in [0.1, 0.15) is 6.10 Å². The number of aryl methyl sites for hydroxylation is 2. The molecule has 1 fully saturated rings. The molecule has 0 aromatic heterocycles. The summed E-state index contributed by atoms with van der Waals surface area (Å²) in [6.45, 7) is 4.70. The highest BCUT2D eigenvalue weighted by Crippen LogP contribution is 2.20. The Morgan fingerprint density at radius 2 is 2.20 bits per heavy atom. The first-order chi connectivity index (χ1) is 7.18. The SMILES string of the molecule is Cc1ccc(C)c(C(=O)C2CCCO2)c1. The molecule has 0 saturated carbocycles. The molecule has 1 saturated heterocycles. The molecular formula is C13H16O2. The predicted molar refractivity (Wildman–Crippen MR) is 59.2 cm³/mol. The third kappa shape index (κ3) is 2.10. The van der Waals surface area contributed by atoms with Crippen LogP contribution in [0.3, 0.4) is 0 Å². The lowest BCUT2D eigenvalue weighted by molar-refractivity contribution is 0.0642. The van der Waals surface area contributed by atoms with Crippen LogP contribution in [-0.4, -0.2) is 18.5 Å². The molecule has 0 N–H and O–H groups in total. The van der Waals surface area contributed by atoms with E-state index in [9.17, 15) is 4.79 Å². The van der Waals surface area contributed by atoms with E-state index >= 15 is 0 Å². The first-order valence-electron chi connectivity index (χ1n) is 5.41. The van der Waals surface area contributed by atoms with E-state index < -0.39 is 0 Å². The van der Waals surface area contributed by atoms with Crippen LogP contribution in [0.25, 0.3) is 0 Å². The lowest BCUT2D eigenvalue weighted by Crippen LogP contribution is -2.20. The first kappa shape index (κ1) is 10.4. The summed E-state index contributed by atoms with van der Waals surface area (Å²) in [5.41, 5.74) is 2.99. The molecule has 80 valence electrons. The molecule has 1 aliphatic heterocycles. The van der Waals surface area contributed by atoms with Gasteiger partial charge in [-0.2, -0.15) is 0 Å². The summed E-state index contributed by atoms with van der Waals surface area (Å²) in [7, 11) is 0. The van der Waals surface area contributed by atoms with E-state index in [0.29, 0.717) is 0 Å². The monoisotopic (exact) mass is 204 g/mol. The van der Waals surface area contributed by atoms with Gasteiger partial charge >= 0.3 is 0 Å². The molecule has 0 radical (unpaired) electrons. The number of benzene rings is 1. The van der Waals surface area contributed by atoms with Crippen molar-refractivity contribution in [3.63, 3.8) is 0 Å². The molecule has 2 rings (SSSR count). The van der Waals surface area contributed by atoms with Crippen LogP contribution >= 0.6 is 0 Å². The summed E-state index contributed by atoms with van der Waals surface area (Å²) in [6.07, 6.45) is 1.67. The fourth-order valence-corrected chi connectivity index (χ4v) is 1.96. The van der Waals surface area contributed by atoms with Gasteiger partial charge in [-0.1, -0.05) is 17.7 Å². The molecule has 2 nitrogen and oxygen atoms in total. The Labute approximate surface area is 90.3 Å². The van der Waals surface area contributed by atoms with Crippen molar-refractivity contribution in [2.24, 2.45) is 0 Å². The van der Waals surface area contributed by atoms with Crippen molar-refractivity contribution in [2.45, 2.75) is 32.8 Å². The van der Waals surface area contributed by atoms with Gasteiger partial charge in [-0.15, -0.1) is 0 Å². The third-order valence-corrected chi connectivity index (χ3v) is 2.88. The fraction of sp³-hybridized carbons (Fsp3) is 0.462. The van der Waals surface area contributed by atoms with Gasteiger partial charge in [0.05, 0.1) is 0 Å².